The average Bonchev–Trinajstić information content (AvgIpc) is 3.35. The van der Waals surface area contributed by atoms with Gasteiger partial charge in [-0.1, -0.05) is 0 Å². The molecule has 0 amide bonds. The lowest BCUT2D eigenvalue weighted by atomic mass is 9.87. The van der Waals surface area contributed by atoms with E-state index in [1.54, 1.807) is 10.8 Å². The molecular formula is C21H32N6O3. The minimum atomic E-state index is -1.02. The van der Waals surface area contributed by atoms with E-state index in [1.165, 1.54) is 38.4 Å². The van der Waals surface area contributed by atoms with Gasteiger partial charge in [0.15, 0.2) is 6.23 Å². The lowest BCUT2D eigenvalue weighted by molar-refractivity contribution is -0.0409. The Morgan fingerprint density at radius 2 is 2.03 bits per heavy atom. The summed E-state index contributed by atoms with van der Waals surface area (Å²) in [6, 6.07) is 1.81. The summed E-state index contributed by atoms with van der Waals surface area (Å²) in [7, 11) is 0. The number of anilines is 1. The van der Waals surface area contributed by atoms with Gasteiger partial charge in [0.05, 0.1) is 11.5 Å². The van der Waals surface area contributed by atoms with Gasteiger partial charge in [-0.25, -0.2) is 9.97 Å². The fraction of sp³-hybridized carbons (Fsp3) is 0.714. The van der Waals surface area contributed by atoms with Crippen molar-refractivity contribution in [2.45, 2.75) is 68.6 Å². The largest absolute Gasteiger partial charge is 0.388 e. The second-order valence-electron chi connectivity index (χ2n) is 8.97. The van der Waals surface area contributed by atoms with Crippen LogP contribution < -0.4 is 11.1 Å². The molecule has 9 nitrogen and oxygen atoms in total. The van der Waals surface area contributed by atoms with Gasteiger partial charge >= 0.3 is 0 Å². The third kappa shape index (κ3) is 3.38. The van der Waals surface area contributed by atoms with Crippen molar-refractivity contribution in [2.75, 3.05) is 31.9 Å². The summed E-state index contributed by atoms with van der Waals surface area (Å²) < 4.78 is 7.91. The maximum Gasteiger partial charge on any atom is 0.164 e. The lowest BCUT2D eigenvalue weighted by Gasteiger charge is -2.38. The second kappa shape index (κ2) is 8.05. The highest BCUT2D eigenvalue weighted by atomic mass is 16.6. The van der Waals surface area contributed by atoms with Crippen LogP contribution in [-0.2, 0) is 4.74 Å². The Kier molecular flexibility index (Phi) is 5.40. The van der Waals surface area contributed by atoms with Crippen molar-refractivity contribution >= 4 is 16.9 Å². The predicted molar refractivity (Wildman–Crippen MR) is 113 cm³/mol. The molecule has 5 heterocycles. The molecule has 0 aromatic carbocycles. The monoisotopic (exact) mass is 416 g/mol. The van der Waals surface area contributed by atoms with Crippen LogP contribution in [0, 0.1) is 0 Å². The van der Waals surface area contributed by atoms with Gasteiger partial charge in [-0.3, -0.25) is 4.90 Å². The number of nitrogens with one attached hydrogen (secondary N) is 1. The molecule has 5 N–H and O–H groups in total. The first-order valence-corrected chi connectivity index (χ1v) is 11.1. The summed E-state index contributed by atoms with van der Waals surface area (Å²) >= 11 is 0. The van der Waals surface area contributed by atoms with Crippen molar-refractivity contribution in [2.24, 2.45) is 0 Å². The number of hydrogen-bond acceptors (Lipinski definition) is 8. The fourth-order valence-electron chi connectivity index (χ4n) is 5.70. The van der Waals surface area contributed by atoms with Gasteiger partial charge in [-0.15, -0.1) is 0 Å². The molecule has 2 aromatic heterocycles. The third-order valence-electron chi connectivity index (χ3n) is 7.34. The molecule has 0 aliphatic carbocycles. The molecule has 1 unspecified atom stereocenters. The summed E-state index contributed by atoms with van der Waals surface area (Å²) in [5, 5.41) is 25.6. The van der Waals surface area contributed by atoms with Crippen LogP contribution in [0.5, 0.6) is 0 Å². The van der Waals surface area contributed by atoms with Crippen molar-refractivity contribution in [3.63, 3.8) is 0 Å². The summed E-state index contributed by atoms with van der Waals surface area (Å²) in [5.41, 5.74) is 6.82. The normalized spacial score (nSPS) is 35.4. The maximum atomic E-state index is 10.7. The molecule has 5 rings (SSSR count). The molecule has 0 saturated carbocycles. The first kappa shape index (κ1) is 20.1. The number of fused-ring (bicyclic) bond motifs is 1. The van der Waals surface area contributed by atoms with Crippen LogP contribution in [0.1, 0.15) is 44.8 Å². The molecule has 9 heteroatoms. The molecule has 2 aromatic rings. The highest BCUT2D eigenvalue weighted by molar-refractivity contribution is 5.86. The quantitative estimate of drug-likeness (QED) is 0.573. The van der Waals surface area contributed by atoms with E-state index >= 15 is 0 Å². The topological polar surface area (TPSA) is 122 Å². The number of aliphatic hydroxyl groups is 2. The summed E-state index contributed by atoms with van der Waals surface area (Å²) in [6.45, 7) is 4.16. The van der Waals surface area contributed by atoms with E-state index < -0.39 is 24.5 Å². The number of likely N-dealkylation sites (tertiary alicyclic amines) is 1. The van der Waals surface area contributed by atoms with Gasteiger partial charge in [0, 0.05) is 18.3 Å². The highest BCUT2D eigenvalue weighted by Crippen LogP contribution is 2.39. The van der Waals surface area contributed by atoms with Crippen LogP contribution in [0.2, 0.25) is 0 Å². The van der Waals surface area contributed by atoms with Crippen LogP contribution in [0.3, 0.4) is 0 Å². The molecule has 0 radical (unpaired) electrons. The Morgan fingerprint density at radius 3 is 2.93 bits per heavy atom. The van der Waals surface area contributed by atoms with Crippen LogP contribution in [0.4, 0.5) is 5.82 Å². The van der Waals surface area contributed by atoms with E-state index in [-0.39, 0.29) is 5.54 Å². The van der Waals surface area contributed by atoms with Gasteiger partial charge in [-0.05, 0) is 64.2 Å². The first-order chi connectivity index (χ1) is 14.6. The SMILES string of the molecule is Nc1ncnc2c1ccn2[C@@H]1O[C@H](CCN2CCCC23CCCNCC3)[C@@H](O)[C@H]1O. The fourth-order valence-corrected chi connectivity index (χ4v) is 5.70. The smallest absolute Gasteiger partial charge is 0.164 e. The maximum absolute atomic E-state index is 10.7. The van der Waals surface area contributed by atoms with Gasteiger partial charge in [-0.2, -0.15) is 0 Å². The number of rotatable bonds is 4. The van der Waals surface area contributed by atoms with Crippen LogP contribution >= 0.6 is 0 Å². The number of nitrogens with two attached hydrogens (primary N) is 1. The molecule has 30 heavy (non-hydrogen) atoms. The lowest BCUT2D eigenvalue weighted by Crippen LogP contribution is -2.46. The molecule has 0 bridgehead atoms. The number of aliphatic hydroxyl groups excluding tert-OH is 2. The Morgan fingerprint density at radius 1 is 1.17 bits per heavy atom. The molecule has 3 aliphatic heterocycles. The highest BCUT2D eigenvalue weighted by Gasteiger charge is 2.46. The zero-order valence-electron chi connectivity index (χ0n) is 17.3. The van der Waals surface area contributed by atoms with Crippen LogP contribution in [0.25, 0.3) is 11.0 Å². The summed E-state index contributed by atoms with van der Waals surface area (Å²) in [5.74, 6) is 0.389. The van der Waals surface area contributed by atoms with E-state index in [2.05, 4.69) is 20.2 Å². The number of nitrogen functional groups attached to an aromatic ring is 1. The van der Waals surface area contributed by atoms with Gasteiger partial charge < -0.3 is 30.6 Å². The minimum absolute atomic E-state index is 0.288. The number of aromatic nitrogens is 3. The van der Waals surface area contributed by atoms with E-state index in [4.69, 9.17) is 10.5 Å². The number of nitrogens with zero attached hydrogens (tertiary/aromatic N) is 4. The van der Waals surface area contributed by atoms with E-state index in [0.29, 0.717) is 23.3 Å². The Balaban J connectivity index is 1.29. The second-order valence-corrected chi connectivity index (χ2v) is 8.97. The summed E-state index contributed by atoms with van der Waals surface area (Å²) in [4.78, 5) is 10.9. The minimum Gasteiger partial charge on any atom is -0.388 e. The Labute approximate surface area is 176 Å². The Hall–Kier alpha value is -1.78. The zero-order valence-corrected chi connectivity index (χ0v) is 17.3. The van der Waals surface area contributed by atoms with Crippen LogP contribution in [-0.4, -0.2) is 79.7 Å². The first-order valence-electron chi connectivity index (χ1n) is 11.1. The molecule has 5 atom stereocenters. The van der Waals surface area contributed by atoms with Gasteiger partial charge in [0.2, 0.25) is 0 Å². The van der Waals surface area contributed by atoms with Crippen LogP contribution in [0.15, 0.2) is 18.6 Å². The summed E-state index contributed by atoms with van der Waals surface area (Å²) in [6.07, 6.45) is 6.95. The Bertz CT molecular complexity index is 881. The standard InChI is InChI=1S/C21H32N6O3/c22-18-14-3-12-27(19(14)25-13-24-18)20-17(29)16(28)15(30-20)4-11-26-10-2-6-21(26)5-1-8-23-9-7-21/h3,12-13,15-17,20,23,28-29H,1-2,4-11H2,(H2,22,24,25)/t15-,16-,17-,20-,21?/m1/s1. The number of hydrogen-bond donors (Lipinski definition) is 4. The molecular weight excluding hydrogens is 384 g/mol. The van der Waals surface area contributed by atoms with Crippen molar-refractivity contribution < 1.29 is 14.9 Å². The average molecular weight is 417 g/mol. The van der Waals surface area contributed by atoms with Crippen molar-refractivity contribution in [1.82, 2.24) is 24.8 Å². The van der Waals surface area contributed by atoms with E-state index in [1.807, 2.05) is 6.07 Å². The molecule has 1 spiro atoms. The van der Waals surface area contributed by atoms with E-state index in [9.17, 15) is 10.2 Å². The van der Waals surface area contributed by atoms with Crippen molar-refractivity contribution in [3.05, 3.63) is 18.6 Å². The molecule has 3 fully saturated rings. The predicted octanol–water partition coefficient (Wildman–Crippen LogP) is 0.631. The van der Waals surface area contributed by atoms with Crippen molar-refractivity contribution in [1.29, 1.82) is 0 Å². The van der Waals surface area contributed by atoms with E-state index in [0.717, 1.165) is 26.2 Å². The third-order valence-corrected chi connectivity index (χ3v) is 7.34. The molecule has 164 valence electrons. The van der Waals surface area contributed by atoms with Crippen molar-refractivity contribution in [3.8, 4) is 0 Å². The molecule has 3 saturated heterocycles. The van der Waals surface area contributed by atoms with Gasteiger partial charge in [0.1, 0.15) is 30.0 Å². The number of ether oxygens (including phenoxy) is 1. The molecule has 3 aliphatic rings. The van der Waals surface area contributed by atoms with Gasteiger partial charge in [0.25, 0.3) is 0 Å². The zero-order chi connectivity index (χ0) is 20.7.